The van der Waals surface area contributed by atoms with Gasteiger partial charge in [0.05, 0.1) is 4.92 Å². The zero-order valence-electron chi connectivity index (χ0n) is 6.60. The first-order valence-corrected chi connectivity index (χ1v) is 5.84. The molecule has 1 atom stereocenters. The van der Waals surface area contributed by atoms with Crippen LogP contribution in [0.4, 0.5) is 5.00 Å². The van der Waals surface area contributed by atoms with Gasteiger partial charge in [0.15, 0.2) is 5.85 Å². The lowest BCUT2D eigenvalue weighted by molar-refractivity contribution is -0.380. The molecule has 78 valence electrons. The number of rotatable bonds is 3. The third-order valence-electron chi connectivity index (χ3n) is 1.40. The van der Waals surface area contributed by atoms with Crippen LogP contribution in [0.3, 0.4) is 0 Å². The molecular formula is C5H6NO6PS. The van der Waals surface area contributed by atoms with E-state index in [1.54, 1.807) is 0 Å². The van der Waals surface area contributed by atoms with Crippen molar-refractivity contribution in [2.24, 2.45) is 0 Å². The van der Waals surface area contributed by atoms with E-state index in [-0.39, 0.29) is 10.6 Å². The fourth-order valence-corrected chi connectivity index (χ4v) is 2.15. The molecule has 0 saturated heterocycles. The van der Waals surface area contributed by atoms with E-state index >= 15 is 0 Å². The lowest BCUT2D eigenvalue weighted by Crippen LogP contribution is -1.96. The summed E-state index contributed by atoms with van der Waals surface area (Å²) < 4.78 is 10.6. The van der Waals surface area contributed by atoms with Crippen molar-refractivity contribution in [2.75, 3.05) is 0 Å². The fourth-order valence-electron chi connectivity index (χ4n) is 0.764. The Morgan fingerprint density at radius 2 is 2.14 bits per heavy atom. The molecule has 1 aromatic rings. The molecule has 0 aromatic carbocycles. The van der Waals surface area contributed by atoms with Gasteiger partial charge >= 0.3 is 12.6 Å². The molecule has 0 radical (unpaired) electrons. The van der Waals surface area contributed by atoms with E-state index in [9.17, 15) is 14.7 Å². The van der Waals surface area contributed by atoms with Gasteiger partial charge in [0.1, 0.15) is 0 Å². The molecule has 0 spiro atoms. The van der Waals surface area contributed by atoms with Crippen molar-refractivity contribution in [2.45, 2.75) is 5.85 Å². The second-order valence-corrected chi connectivity index (χ2v) is 5.00. The number of nitrogens with zero attached hydrogens (tertiary/aromatic N) is 1. The number of hydrogen-bond donors (Lipinski definition) is 3. The molecule has 1 rings (SSSR count). The second kappa shape index (κ2) is 3.76. The molecule has 0 aliphatic rings. The highest BCUT2D eigenvalue weighted by Gasteiger charge is 2.30. The minimum absolute atomic E-state index is 0.143. The molecule has 0 bridgehead atoms. The maximum Gasteiger partial charge on any atom is 0.358 e. The summed E-state index contributed by atoms with van der Waals surface area (Å²) in [6.07, 6.45) is 0. The lowest BCUT2D eigenvalue weighted by atomic mass is 10.3. The van der Waals surface area contributed by atoms with Crippen molar-refractivity contribution in [3.8, 4) is 0 Å². The summed E-state index contributed by atoms with van der Waals surface area (Å²) in [6.45, 7) is 0. The van der Waals surface area contributed by atoms with Crippen LogP contribution < -0.4 is 0 Å². The van der Waals surface area contributed by atoms with Gasteiger partial charge in [-0.2, -0.15) is 0 Å². The SMILES string of the molecule is O=[N+]([O-])c1cc(C(O)P(=O)(O)O)cs1. The molecule has 0 aliphatic carbocycles. The maximum atomic E-state index is 10.6. The summed E-state index contributed by atoms with van der Waals surface area (Å²) in [4.78, 5) is 26.7. The topological polar surface area (TPSA) is 121 Å². The highest BCUT2D eigenvalue weighted by Crippen LogP contribution is 2.51. The van der Waals surface area contributed by atoms with E-state index in [1.807, 2.05) is 0 Å². The van der Waals surface area contributed by atoms with Crippen molar-refractivity contribution >= 4 is 23.9 Å². The van der Waals surface area contributed by atoms with Crippen LogP contribution in [0.2, 0.25) is 0 Å². The van der Waals surface area contributed by atoms with Crippen LogP contribution in [0.5, 0.6) is 0 Å². The van der Waals surface area contributed by atoms with Crippen LogP contribution in [0, 0.1) is 10.1 Å². The molecular weight excluding hydrogens is 233 g/mol. The molecule has 0 fully saturated rings. The number of hydrogen-bond acceptors (Lipinski definition) is 5. The summed E-state index contributed by atoms with van der Waals surface area (Å²) in [5, 5.41) is 20.2. The Morgan fingerprint density at radius 1 is 1.57 bits per heavy atom. The molecule has 0 amide bonds. The fraction of sp³-hybridized carbons (Fsp3) is 0.200. The van der Waals surface area contributed by atoms with Gasteiger partial charge in [-0.25, -0.2) is 0 Å². The van der Waals surface area contributed by atoms with Crippen LogP contribution in [0.15, 0.2) is 11.4 Å². The van der Waals surface area contributed by atoms with Crippen molar-refractivity contribution in [1.82, 2.24) is 0 Å². The Bertz CT molecular complexity index is 397. The predicted molar refractivity (Wildman–Crippen MR) is 48.0 cm³/mol. The van der Waals surface area contributed by atoms with Gasteiger partial charge in [-0.3, -0.25) is 14.7 Å². The third-order valence-corrected chi connectivity index (χ3v) is 3.24. The molecule has 3 N–H and O–H groups in total. The van der Waals surface area contributed by atoms with Gasteiger partial charge in [0, 0.05) is 17.0 Å². The standard InChI is InChI=1S/C5H6NO6PS/c7-5(13(10,11)12)3-1-4(6(8)9)14-2-3/h1-2,5,7H,(H2,10,11,12). The first-order chi connectivity index (χ1) is 6.32. The minimum Gasteiger partial charge on any atom is -0.376 e. The Hall–Kier alpha value is -0.790. The number of aliphatic hydroxyl groups is 1. The minimum atomic E-state index is -4.66. The number of nitro groups is 1. The second-order valence-electron chi connectivity index (χ2n) is 2.44. The Kier molecular flexibility index (Phi) is 3.03. The summed E-state index contributed by atoms with van der Waals surface area (Å²) in [5.41, 5.74) is -0.143. The molecule has 9 heteroatoms. The van der Waals surface area contributed by atoms with Crippen molar-refractivity contribution in [1.29, 1.82) is 0 Å². The first-order valence-electron chi connectivity index (χ1n) is 3.28. The van der Waals surface area contributed by atoms with Gasteiger partial charge in [0.25, 0.3) is 0 Å². The highest BCUT2D eigenvalue weighted by molar-refractivity contribution is 7.51. The Morgan fingerprint density at radius 3 is 2.50 bits per heavy atom. The van der Waals surface area contributed by atoms with Crippen molar-refractivity contribution in [3.05, 3.63) is 27.1 Å². The van der Waals surface area contributed by atoms with Crippen LogP contribution in [-0.4, -0.2) is 19.8 Å². The van der Waals surface area contributed by atoms with Gasteiger partial charge in [0.2, 0.25) is 0 Å². The Labute approximate surface area is 81.9 Å². The lowest BCUT2D eigenvalue weighted by Gasteiger charge is -2.09. The van der Waals surface area contributed by atoms with Crippen LogP contribution in [-0.2, 0) is 4.57 Å². The zero-order chi connectivity index (χ0) is 10.9. The van der Waals surface area contributed by atoms with E-state index in [0.29, 0.717) is 11.3 Å². The monoisotopic (exact) mass is 239 g/mol. The third kappa shape index (κ3) is 2.37. The summed E-state index contributed by atoms with van der Waals surface area (Å²) in [6, 6.07) is 0.939. The summed E-state index contributed by atoms with van der Waals surface area (Å²) in [5.74, 6) is -1.99. The van der Waals surface area contributed by atoms with E-state index < -0.39 is 18.4 Å². The summed E-state index contributed by atoms with van der Waals surface area (Å²) in [7, 11) is -4.66. The Balaban J connectivity index is 2.98. The van der Waals surface area contributed by atoms with E-state index in [0.717, 1.165) is 11.4 Å². The van der Waals surface area contributed by atoms with Gasteiger partial charge in [-0.05, 0) is 0 Å². The van der Waals surface area contributed by atoms with Gasteiger partial charge < -0.3 is 14.9 Å². The zero-order valence-corrected chi connectivity index (χ0v) is 8.31. The first kappa shape index (κ1) is 11.3. The van der Waals surface area contributed by atoms with Gasteiger partial charge in [-0.1, -0.05) is 11.3 Å². The summed E-state index contributed by atoms with van der Waals surface area (Å²) >= 11 is 0.700. The van der Waals surface area contributed by atoms with E-state index in [2.05, 4.69) is 0 Å². The predicted octanol–water partition coefficient (Wildman–Crippen LogP) is 0.825. The maximum absolute atomic E-state index is 10.6. The molecule has 1 aromatic heterocycles. The average Bonchev–Trinajstić information content (AvgIpc) is 2.48. The van der Waals surface area contributed by atoms with Crippen molar-refractivity contribution in [3.63, 3.8) is 0 Å². The van der Waals surface area contributed by atoms with Crippen LogP contribution in [0.25, 0.3) is 0 Å². The highest BCUT2D eigenvalue weighted by atomic mass is 32.1. The average molecular weight is 239 g/mol. The molecule has 0 saturated carbocycles. The van der Waals surface area contributed by atoms with Gasteiger partial charge in [-0.15, -0.1) is 0 Å². The molecule has 1 heterocycles. The molecule has 7 nitrogen and oxygen atoms in total. The van der Waals surface area contributed by atoms with E-state index in [1.165, 1.54) is 0 Å². The normalized spacial score (nSPS) is 13.9. The number of thiophene rings is 1. The van der Waals surface area contributed by atoms with Crippen molar-refractivity contribution < 1.29 is 24.4 Å². The van der Waals surface area contributed by atoms with Crippen LogP contribution >= 0.6 is 18.9 Å². The van der Waals surface area contributed by atoms with Crippen LogP contribution in [0.1, 0.15) is 11.4 Å². The van der Waals surface area contributed by atoms with E-state index in [4.69, 9.17) is 14.9 Å². The number of aliphatic hydroxyl groups excluding tert-OH is 1. The molecule has 14 heavy (non-hydrogen) atoms. The molecule has 0 aliphatic heterocycles. The largest absolute Gasteiger partial charge is 0.376 e. The smallest absolute Gasteiger partial charge is 0.358 e. The quantitative estimate of drug-likeness (QED) is 0.408. The molecule has 1 unspecified atom stereocenters.